The SMILES string of the molecule is O=C1OC(c2ccccc2)C(c2ccccc2)N2C1C(C(=O)Nc1nc3ccccc3s1)C1(C(=O)Nc3ccc(C#CCn4nnc5ccccc54)cc31)C2c1ccccc1OCCO. The summed E-state index contributed by atoms with van der Waals surface area (Å²) >= 11 is 1.30. The third kappa shape index (κ3) is 6.71. The summed E-state index contributed by atoms with van der Waals surface area (Å²) < 4.78 is 15.4. The molecule has 2 amide bonds. The van der Waals surface area contributed by atoms with Gasteiger partial charge in [-0.3, -0.25) is 19.3 Å². The van der Waals surface area contributed by atoms with Crippen molar-refractivity contribution in [2.45, 2.75) is 36.2 Å². The standard InChI is InChI=1S/C51H39N7O6S/c59-28-29-63-40-23-11-7-19-34(40)46-51(35-30-31(25-26-36(35)52-49(51)62)14-13-27-57-39-22-10-8-20-37(39)55-56-57)42(47(60)54-50-53-38-21-9-12-24-41(38)65-50)44-48(61)64-45(33-17-5-2-6-18-33)43(58(44)46)32-15-3-1-4-16-32/h1-12,15-26,30,42-46,59H,27-29H2,(H,52,62)(H,53,54,60). The van der Waals surface area contributed by atoms with Crippen molar-refractivity contribution in [3.8, 4) is 17.6 Å². The smallest absolute Gasteiger partial charge is 0.324 e. The number of benzene rings is 6. The Morgan fingerprint density at radius 3 is 2.37 bits per heavy atom. The summed E-state index contributed by atoms with van der Waals surface area (Å²) in [7, 11) is 0. The van der Waals surface area contributed by atoms with Crippen molar-refractivity contribution in [1.29, 1.82) is 0 Å². The molecule has 6 atom stereocenters. The summed E-state index contributed by atoms with van der Waals surface area (Å²) in [5.41, 5.74) is 4.10. The number of cyclic esters (lactones) is 1. The minimum atomic E-state index is -1.81. The number of aliphatic hydroxyl groups is 1. The van der Waals surface area contributed by atoms with Crippen molar-refractivity contribution >= 4 is 61.2 Å². The van der Waals surface area contributed by atoms with E-state index in [1.807, 2.05) is 144 Å². The van der Waals surface area contributed by atoms with Crippen LogP contribution in [0.5, 0.6) is 5.75 Å². The lowest BCUT2D eigenvalue weighted by Crippen LogP contribution is -2.53. The van der Waals surface area contributed by atoms with Crippen molar-refractivity contribution < 1.29 is 29.0 Å². The van der Waals surface area contributed by atoms with E-state index in [0.29, 0.717) is 38.8 Å². The number of para-hydroxylation sites is 3. The number of aliphatic hydroxyl groups excluding tert-OH is 1. The van der Waals surface area contributed by atoms with E-state index in [1.54, 1.807) is 16.8 Å². The molecule has 0 saturated carbocycles. The quantitative estimate of drug-likeness (QED) is 0.0987. The number of hydrogen-bond acceptors (Lipinski definition) is 11. The van der Waals surface area contributed by atoms with Crippen molar-refractivity contribution in [1.82, 2.24) is 24.9 Å². The molecule has 65 heavy (non-hydrogen) atoms. The molecular weight excluding hydrogens is 839 g/mol. The first-order chi connectivity index (χ1) is 31.9. The first-order valence-corrected chi connectivity index (χ1v) is 22.1. The third-order valence-electron chi connectivity index (χ3n) is 12.6. The molecule has 3 aliphatic heterocycles. The van der Waals surface area contributed by atoms with Gasteiger partial charge in [-0.25, -0.2) is 9.67 Å². The Hall–Kier alpha value is -7.70. The molecule has 2 saturated heterocycles. The molecule has 3 N–H and O–H groups in total. The maximum absolute atomic E-state index is 15.7. The number of ether oxygens (including phenoxy) is 2. The fourth-order valence-electron chi connectivity index (χ4n) is 9.99. The Labute approximate surface area is 376 Å². The molecule has 3 aliphatic rings. The van der Waals surface area contributed by atoms with Crippen molar-refractivity contribution in [2.75, 3.05) is 23.8 Å². The van der Waals surface area contributed by atoms with Crippen LogP contribution >= 0.6 is 11.3 Å². The van der Waals surface area contributed by atoms with E-state index in [9.17, 15) is 5.11 Å². The zero-order chi connectivity index (χ0) is 44.1. The van der Waals surface area contributed by atoms with E-state index in [0.717, 1.165) is 26.9 Å². The van der Waals surface area contributed by atoms with E-state index in [4.69, 9.17) is 14.5 Å². The van der Waals surface area contributed by atoms with Gasteiger partial charge in [-0.05, 0) is 65.2 Å². The summed E-state index contributed by atoms with van der Waals surface area (Å²) in [4.78, 5) is 53.4. The first-order valence-electron chi connectivity index (χ1n) is 21.2. The number of nitrogens with one attached hydrogen (secondary N) is 2. The molecule has 11 rings (SSSR count). The highest BCUT2D eigenvalue weighted by molar-refractivity contribution is 7.22. The maximum Gasteiger partial charge on any atom is 0.324 e. The Bertz CT molecular complexity index is 3170. The monoisotopic (exact) mass is 877 g/mol. The highest BCUT2D eigenvalue weighted by Gasteiger charge is 2.74. The van der Waals surface area contributed by atoms with Crippen molar-refractivity contribution in [3.63, 3.8) is 0 Å². The van der Waals surface area contributed by atoms with Gasteiger partial charge >= 0.3 is 5.97 Å². The topological polar surface area (TPSA) is 161 Å². The maximum atomic E-state index is 15.7. The molecule has 8 aromatic rings. The van der Waals surface area contributed by atoms with Gasteiger partial charge in [0.1, 0.15) is 42.0 Å². The summed E-state index contributed by atoms with van der Waals surface area (Å²) in [6, 6.07) is 44.1. The van der Waals surface area contributed by atoms with Crippen LogP contribution in [0.4, 0.5) is 10.8 Å². The molecule has 0 aliphatic carbocycles. The Morgan fingerprint density at radius 1 is 0.846 bits per heavy atom. The largest absolute Gasteiger partial charge is 0.491 e. The zero-order valence-corrected chi connectivity index (χ0v) is 35.4. The normalized spacial score (nSPS) is 22.2. The van der Waals surface area contributed by atoms with Crippen molar-refractivity contribution in [3.05, 3.63) is 179 Å². The Morgan fingerprint density at radius 2 is 1.57 bits per heavy atom. The fraction of sp³-hybridized carbons (Fsp3) is 0.176. The third-order valence-corrected chi connectivity index (χ3v) is 13.5. The number of rotatable bonds is 9. The van der Waals surface area contributed by atoms with Crippen LogP contribution in [0.3, 0.4) is 0 Å². The van der Waals surface area contributed by atoms with Crippen LogP contribution in [0.2, 0.25) is 0 Å². The molecule has 0 bridgehead atoms. The Balaban J connectivity index is 1.15. The number of hydrogen-bond donors (Lipinski definition) is 3. The van der Waals surface area contributed by atoms with Gasteiger partial charge in [-0.2, -0.15) is 0 Å². The van der Waals surface area contributed by atoms with Crippen LogP contribution in [0.1, 0.15) is 46.0 Å². The fourth-order valence-corrected chi connectivity index (χ4v) is 10.9. The van der Waals surface area contributed by atoms with E-state index in [2.05, 4.69) is 32.8 Å². The van der Waals surface area contributed by atoms with Gasteiger partial charge in [-0.1, -0.05) is 132 Å². The average molecular weight is 878 g/mol. The van der Waals surface area contributed by atoms with E-state index in [-0.39, 0.29) is 19.8 Å². The number of thiazole rings is 1. The number of aromatic nitrogens is 4. The van der Waals surface area contributed by atoms with Gasteiger partial charge < -0.3 is 25.2 Å². The molecule has 13 nitrogen and oxygen atoms in total. The number of amides is 2. The molecule has 6 aromatic carbocycles. The molecule has 5 heterocycles. The number of carbonyl (C=O) groups excluding carboxylic acids is 3. The molecule has 14 heteroatoms. The van der Waals surface area contributed by atoms with E-state index in [1.165, 1.54) is 11.3 Å². The van der Waals surface area contributed by atoms with Crippen LogP contribution in [-0.4, -0.2) is 67.0 Å². The second kappa shape index (κ2) is 16.5. The van der Waals surface area contributed by atoms with Gasteiger partial charge in [0.2, 0.25) is 11.8 Å². The lowest BCUT2D eigenvalue weighted by Gasteiger charge is -2.46. The summed E-state index contributed by atoms with van der Waals surface area (Å²) in [6.45, 7) is -0.0663. The summed E-state index contributed by atoms with van der Waals surface area (Å²) in [6.07, 6.45) is -0.854. The average Bonchev–Trinajstić information content (AvgIpc) is 4.10. The zero-order valence-electron chi connectivity index (χ0n) is 34.6. The molecule has 320 valence electrons. The van der Waals surface area contributed by atoms with Gasteiger partial charge in [0.15, 0.2) is 5.13 Å². The second-order valence-corrected chi connectivity index (χ2v) is 17.1. The van der Waals surface area contributed by atoms with Crippen LogP contribution in [0, 0.1) is 17.8 Å². The first kappa shape index (κ1) is 40.1. The minimum absolute atomic E-state index is 0.0396. The number of esters is 1. The summed E-state index contributed by atoms with van der Waals surface area (Å²) in [5, 5.41) is 25.1. The van der Waals surface area contributed by atoms with E-state index < -0.39 is 53.3 Å². The molecule has 1 spiro atoms. The molecule has 0 radical (unpaired) electrons. The molecule has 2 fully saturated rings. The van der Waals surface area contributed by atoms with Crippen molar-refractivity contribution in [2.24, 2.45) is 5.92 Å². The predicted octanol–water partition coefficient (Wildman–Crippen LogP) is 7.37. The molecular formula is C51H39N7O6S. The van der Waals surface area contributed by atoms with Crippen LogP contribution in [0.15, 0.2) is 152 Å². The lowest BCUT2D eigenvalue weighted by atomic mass is 9.65. The summed E-state index contributed by atoms with van der Waals surface area (Å²) in [5.74, 6) is 3.77. The number of anilines is 2. The van der Waals surface area contributed by atoms with Crippen LogP contribution < -0.4 is 15.4 Å². The second-order valence-electron chi connectivity index (χ2n) is 16.1. The van der Waals surface area contributed by atoms with E-state index >= 15 is 14.4 Å². The predicted molar refractivity (Wildman–Crippen MR) is 245 cm³/mol. The number of fused-ring (bicyclic) bond motifs is 5. The van der Waals surface area contributed by atoms with Crippen LogP contribution in [-0.2, 0) is 31.1 Å². The van der Waals surface area contributed by atoms with Gasteiger partial charge in [0, 0.05) is 16.8 Å². The van der Waals surface area contributed by atoms with Gasteiger partial charge in [0.25, 0.3) is 0 Å². The number of morpholine rings is 1. The molecule has 6 unspecified atom stereocenters. The highest BCUT2D eigenvalue weighted by Crippen LogP contribution is 2.65. The minimum Gasteiger partial charge on any atom is -0.491 e. The number of carbonyl (C=O) groups is 3. The Kier molecular flexibility index (Phi) is 10.1. The van der Waals surface area contributed by atoms with Gasteiger partial charge in [-0.15, -0.1) is 5.10 Å². The molecule has 2 aromatic heterocycles. The lowest BCUT2D eigenvalue weighted by molar-refractivity contribution is -0.177. The van der Waals surface area contributed by atoms with Gasteiger partial charge in [0.05, 0.1) is 40.3 Å². The van der Waals surface area contributed by atoms with Crippen LogP contribution in [0.25, 0.3) is 21.3 Å². The number of nitrogens with zero attached hydrogens (tertiary/aromatic N) is 5. The highest BCUT2D eigenvalue weighted by atomic mass is 32.1.